The quantitative estimate of drug-likeness (QED) is 0.396. The first-order chi connectivity index (χ1) is 14.5. The minimum Gasteiger partial charge on any atom is -0.490 e. The van der Waals surface area contributed by atoms with E-state index in [1.165, 1.54) is 0 Å². The van der Waals surface area contributed by atoms with Crippen LogP contribution in [0.15, 0.2) is 48.5 Å². The molecule has 0 aromatic heterocycles. The fourth-order valence-electron chi connectivity index (χ4n) is 2.53. The molecular formula is C22H27N3O4S. The molecule has 8 heteroatoms. The Balaban J connectivity index is 1.91. The van der Waals surface area contributed by atoms with Gasteiger partial charge in [-0.2, -0.15) is 0 Å². The first-order valence-electron chi connectivity index (χ1n) is 9.76. The highest BCUT2D eigenvalue weighted by Crippen LogP contribution is 2.18. The summed E-state index contributed by atoms with van der Waals surface area (Å²) in [5.74, 6) is -0.0447. The van der Waals surface area contributed by atoms with E-state index < -0.39 is 0 Å². The van der Waals surface area contributed by atoms with Crippen LogP contribution < -0.4 is 20.7 Å². The van der Waals surface area contributed by atoms with Crippen LogP contribution in [0.2, 0.25) is 0 Å². The molecule has 0 atom stereocenters. The molecule has 2 amide bonds. The van der Waals surface area contributed by atoms with Gasteiger partial charge in [-0.1, -0.05) is 25.5 Å². The Morgan fingerprint density at radius 3 is 2.43 bits per heavy atom. The Bertz CT molecular complexity index is 856. The Labute approximate surface area is 182 Å². The molecule has 0 aliphatic heterocycles. The van der Waals surface area contributed by atoms with Crippen LogP contribution in [0.1, 0.15) is 40.5 Å². The number of benzene rings is 2. The normalized spacial score (nSPS) is 10.2. The molecule has 7 nitrogen and oxygen atoms in total. The second-order valence-electron chi connectivity index (χ2n) is 6.43. The predicted octanol–water partition coefficient (Wildman–Crippen LogP) is 3.37. The predicted molar refractivity (Wildman–Crippen MR) is 121 cm³/mol. The number of rotatable bonds is 10. The number of methoxy groups -OCH3 is 1. The number of amides is 2. The summed E-state index contributed by atoms with van der Waals surface area (Å²) in [4.78, 5) is 24.6. The van der Waals surface area contributed by atoms with Crippen LogP contribution in [0.3, 0.4) is 0 Å². The van der Waals surface area contributed by atoms with Crippen LogP contribution >= 0.6 is 12.2 Å². The number of para-hydroxylation sites is 1. The van der Waals surface area contributed by atoms with Crippen LogP contribution in [0.4, 0.5) is 5.69 Å². The van der Waals surface area contributed by atoms with E-state index in [0.29, 0.717) is 42.3 Å². The van der Waals surface area contributed by atoms with Crippen LogP contribution in [0, 0.1) is 0 Å². The van der Waals surface area contributed by atoms with Crippen molar-refractivity contribution in [2.75, 3.05) is 32.2 Å². The number of anilines is 1. The zero-order chi connectivity index (χ0) is 21.8. The van der Waals surface area contributed by atoms with Gasteiger partial charge in [0.2, 0.25) is 0 Å². The molecule has 0 aliphatic carbocycles. The highest BCUT2D eigenvalue weighted by atomic mass is 32.1. The first kappa shape index (κ1) is 23.3. The molecule has 0 unspecified atom stereocenters. The minimum absolute atomic E-state index is 0.115. The topological polar surface area (TPSA) is 88.7 Å². The van der Waals surface area contributed by atoms with Gasteiger partial charge < -0.3 is 20.1 Å². The first-order valence-corrected chi connectivity index (χ1v) is 10.2. The third kappa shape index (κ3) is 7.46. The largest absolute Gasteiger partial charge is 0.490 e. The summed E-state index contributed by atoms with van der Waals surface area (Å²) in [6, 6.07) is 13.8. The van der Waals surface area contributed by atoms with Crippen LogP contribution in [0.5, 0.6) is 5.75 Å². The second kappa shape index (κ2) is 12.6. The summed E-state index contributed by atoms with van der Waals surface area (Å²) >= 11 is 5.23. The lowest BCUT2D eigenvalue weighted by molar-refractivity contribution is 0.0950. The SMILES string of the molecule is CCCCNC(=O)c1ccc(NC(=S)NC(=O)c2ccccc2OCCOC)cc1. The van der Waals surface area contributed by atoms with Crippen molar-refractivity contribution in [2.24, 2.45) is 0 Å². The smallest absolute Gasteiger partial charge is 0.261 e. The molecule has 0 heterocycles. The number of nitrogens with one attached hydrogen (secondary N) is 3. The highest BCUT2D eigenvalue weighted by Gasteiger charge is 2.14. The molecule has 0 radical (unpaired) electrons. The number of carbonyl (C=O) groups excluding carboxylic acids is 2. The van der Waals surface area contributed by atoms with Crippen molar-refractivity contribution < 1.29 is 19.1 Å². The van der Waals surface area contributed by atoms with E-state index in [4.69, 9.17) is 21.7 Å². The third-order valence-corrected chi connectivity index (χ3v) is 4.33. The van der Waals surface area contributed by atoms with E-state index >= 15 is 0 Å². The van der Waals surface area contributed by atoms with Gasteiger partial charge in [0.1, 0.15) is 12.4 Å². The van der Waals surface area contributed by atoms with Crippen molar-refractivity contribution in [3.63, 3.8) is 0 Å². The highest BCUT2D eigenvalue weighted by molar-refractivity contribution is 7.80. The number of thiocarbonyl (C=S) groups is 1. The van der Waals surface area contributed by atoms with Crippen molar-refractivity contribution >= 4 is 34.8 Å². The van der Waals surface area contributed by atoms with Crippen LogP contribution in [0.25, 0.3) is 0 Å². The molecule has 0 saturated heterocycles. The van der Waals surface area contributed by atoms with Crippen molar-refractivity contribution in [2.45, 2.75) is 19.8 Å². The summed E-state index contributed by atoms with van der Waals surface area (Å²) in [7, 11) is 1.58. The summed E-state index contributed by atoms with van der Waals surface area (Å²) in [6.07, 6.45) is 1.97. The van der Waals surface area contributed by atoms with Crippen molar-refractivity contribution in [3.05, 3.63) is 59.7 Å². The molecule has 30 heavy (non-hydrogen) atoms. The van der Waals surface area contributed by atoms with Gasteiger partial charge in [0.05, 0.1) is 12.2 Å². The Hall–Kier alpha value is -2.97. The fourth-order valence-corrected chi connectivity index (χ4v) is 2.74. The molecule has 2 aromatic carbocycles. The Kier molecular flexibility index (Phi) is 9.76. The van der Waals surface area contributed by atoms with E-state index in [1.807, 2.05) is 0 Å². The molecule has 2 aromatic rings. The zero-order valence-corrected chi connectivity index (χ0v) is 18.0. The maximum absolute atomic E-state index is 12.6. The fraction of sp³-hybridized carbons (Fsp3) is 0.318. The second-order valence-corrected chi connectivity index (χ2v) is 6.84. The maximum atomic E-state index is 12.6. The number of ether oxygens (including phenoxy) is 2. The van der Waals surface area contributed by atoms with Gasteiger partial charge in [0.25, 0.3) is 11.8 Å². The van der Waals surface area contributed by atoms with E-state index in [9.17, 15) is 9.59 Å². The number of hydrogen-bond acceptors (Lipinski definition) is 5. The molecule has 160 valence electrons. The number of unbranched alkanes of at least 4 members (excludes halogenated alkanes) is 1. The molecule has 3 N–H and O–H groups in total. The lowest BCUT2D eigenvalue weighted by Crippen LogP contribution is -2.34. The van der Waals surface area contributed by atoms with Gasteiger partial charge in [-0.25, -0.2) is 0 Å². The summed E-state index contributed by atoms with van der Waals surface area (Å²) in [5, 5.41) is 8.59. The summed E-state index contributed by atoms with van der Waals surface area (Å²) in [5.41, 5.74) is 1.60. The monoisotopic (exact) mass is 429 g/mol. The molecule has 2 rings (SSSR count). The lowest BCUT2D eigenvalue weighted by atomic mass is 10.2. The molecule has 0 spiro atoms. The molecule has 0 saturated carbocycles. The Morgan fingerprint density at radius 2 is 1.73 bits per heavy atom. The average molecular weight is 430 g/mol. The summed E-state index contributed by atoms with van der Waals surface area (Å²) < 4.78 is 10.5. The zero-order valence-electron chi connectivity index (χ0n) is 17.2. The van der Waals surface area contributed by atoms with Gasteiger partial charge in [0, 0.05) is 24.9 Å². The molecule has 0 aliphatic rings. The number of carbonyl (C=O) groups is 2. The van der Waals surface area contributed by atoms with Crippen molar-refractivity contribution in [1.29, 1.82) is 0 Å². The van der Waals surface area contributed by atoms with Gasteiger partial charge in [0.15, 0.2) is 5.11 Å². The molecular weight excluding hydrogens is 402 g/mol. The van der Waals surface area contributed by atoms with Gasteiger partial charge >= 0.3 is 0 Å². The van der Waals surface area contributed by atoms with Gasteiger partial charge in [-0.3, -0.25) is 14.9 Å². The molecule has 0 fully saturated rings. The Morgan fingerprint density at radius 1 is 1.00 bits per heavy atom. The molecule has 0 bridgehead atoms. The van der Waals surface area contributed by atoms with Gasteiger partial charge in [-0.15, -0.1) is 0 Å². The summed E-state index contributed by atoms with van der Waals surface area (Å²) in [6.45, 7) is 3.48. The van der Waals surface area contributed by atoms with Gasteiger partial charge in [-0.05, 0) is 55.0 Å². The third-order valence-electron chi connectivity index (χ3n) is 4.12. The van der Waals surface area contributed by atoms with Crippen LogP contribution in [-0.2, 0) is 4.74 Å². The van der Waals surface area contributed by atoms with E-state index in [0.717, 1.165) is 12.8 Å². The van der Waals surface area contributed by atoms with E-state index in [1.54, 1.807) is 55.6 Å². The van der Waals surface area contributed by atoms with E-state index in [-0.39, 0.29) is 16.9 Å². The van der Waals surface area contributed by atoms with Crippen LogP contribution in [-0.4, -0.2) is 43.8 Å². The standard InChI is InChI=1S/C22H27N3O4S/c1-3-4-13-23-20(26)16-9-11-17(12-10-16)24-22(30)25-21(27)18-7-5-6-8-19(18)29-15-14-28-2/h5-12H,3-4,13-15H2,1-2H3,(H,23,26)(H2,24,25,27,30). The van der Waals surface area contributed by atoms with Crippen molar-refractivity contribution in [3.8, 4) is 5.75 Å². The maximum Gasteiger partial charge on any atom is 0.261 e. The number of hydrogen-bond donors (Lipinski definition) is 3. The lowest BCUT2D eigenvalue weighted by Gasteiger charge is -2.13. The average Bonchev–Trinajstić information content (AvgIpc) is 2.74. The van der Waals surface area contributed by atoms with Crippen molar-refractivity contribution in [1.82, 2.24) is 10.6 Å². The van der Waals surface area contributed by atoms with E-state index in [2.05, 4.69) is 22.9 Å². The minimum atomic E-state index is -0.382.